The van der Waals surface area contributed by atoms with Gasteiger partial charge < -0.3 is 15.4 Å². The molecule has 1 aliphatic rings. The quantitative estimate of drug-likeness (QED) is 0.461. The van der Waals surface area contributed by atoms with E-state index in [1.165, 1.54) is 18.4 Å². The average molecular weight is 414 g/mol. The largest absolute Gasteiger partial charge is 0.493 e. The predicted octanol–water partition coefficient (Wildman–Crippen LogP) is 3.65. The third-order valence-corrected chi connectivity index (χ3v) is 6.10. The topological polar surface area (TPSA) is 62.7 Å². The van der Waals surface area contributed by atoms with Crippen LogP contribution in [0.4, 0.5) is 0 Å². The number of rotatable bonds is 10. The summed E-state index contributed by atoms with van der Waals surface area (Å²) in [6, 6.07) is 15.8. The fraction of sp³-hybridized carbons (Fsp3) is 0.435. The first kappa shape index (κ1) is 21.4. The van der Waals surface area contributed by atoms with Crippen molar-refractivity contribution in [1.29, 1.82) is 0 Å². The van der Waals surface area contributed by atoms with Crippen LogP contribution in [0.5, 0.6) is 5.75 Å². The van der Waals surface area contributed by atoms with Gasteiger partial charge in [0.15, 0.2) is 5.96 Å². The number of aliphatic imine (C=N–C) groups is 1. The zero-order valence-electron chi connectivity index (χ0n) is 17.3. The summed E-state index contributed by atoms with van der Waals surface area (Å²) < 4.78 is 18.4. The highest BCUT2D eigenvalue weighted by atomic mass is 32.2. The fourth-order valence-electron chi connectivity index (χ4n) is 2.88. The Balaban J connectivity index is 1.56. The van der Waals surface area contributed by atoms with Crippen molar-refractivity contribution in [3.05, 3.63) is 59.7 Å². The molecule has 0 bridgehead atoms. The maximum Gasteiger partial charge on any atom is 0.191 e. The lowest BCUT2D eigenvalue weighted by atomic mass is 10.1. The van der Waals surface area contributed by atoms with Crippen LogP contribution in [0.2, 0.25) is 0 Å². The van der Waals surface area contributed by atoms with Crippen LogP contribution in [0.25, 0.3) is 0 Å². The molecule has 0 aromatic heterocycles. The summed E-state index contributed by atoms with van der Waals surface area (Å²) in [4.78, 5) is 5.56. The number of ether oxygens (including phenoxy) is 1. The van der Waals surface area contributed by atoms with Gasteiger partial charge in [0.2, 0.25) is 0 Å². The van der Waals surface area contributed by atoms with Crippen molar-refractivity contribution in [2.45, 2.75) is 38.1 Å². The lowest BCUT2D eigenvalue weighted by Crippen LogP contribution is -2.39. The van der Waals surface area contributed by atoms with Crippen LogP contribution in [0.15, 0.2) is 58.4 Å². The van der Waals surface area contributed by atoms with E-state index in [0.717, 1.165) is 41.2 Å². The van der Waals surface area contributed by atoms with Crippen molar-refractivity contribution in [2.24, 2.45) is 10.9 Å². The number of nitrogens with one attached hydrogen (secondary N) is 2. The average Bonchev–Trinajstić information content (AvgIpc) is 3.56. The Bertz CT molecular complexity index is 835. The lowest BCUT2D eigenvalue weighted by molar-refractivity contribution is 0.296. The highest BCUT2D eigenvalue weighted by Gasteiger charge is 2.22. The molecule has 2 aromatic carbocycles. The second kappa shape index (κ2) is 11.0. The Labute approximate surface area is 176 Å². The number of hydrogen-bond acceptors (Lipinski definition) is 3. The van der Waals surface area contributed by atoms with Crippen molar-refractivity contribution in [3.63, 3.8) is 0 Å². The molecule has 0 radical (unpaired) electrons. The number of guanidine groups is 1. The highest BCUT2D eigenvalue weighted by molar-refractivity contribution is 7.85. The molecule has 0 heterocycles. The van der Waals surface area contributed by atoms with Gasteiger partial charge >= 0.3 is 0 Å². The molecule has 6 heteroatoms. The van der Waals surface area contributed by atoms with E-state index in [4.69, 9.17) is 9.73 Å². The molecule has 1 fully saturated rings. The number of hydrogen-bond donors (Lipinski definition) is 2. The maximum absolute atomic E-state index is 12.4. The van der Waals surface area contributed by atoms with Crippen molar-refractivity contribution < 1.29 is 8.95 Å². The van der Waals surface area contributed by atoms with E-state index in [0.29, 0.717) is 18.8 Å². The second-order valence-electron chi connectivity index (χ2n) is 7.35. The van der Waals surface area contributed by atoms with E-state index in [-0.39, 0.29) is 0 Å². The smallest absolute Gasteiger partial charge is 0.191 e. The van der Waals surface area contributed by atoms with Crippen LogP contribution >= 0.6 is 0 Å². The Morgan fingerprint density at radius 1 is 1.17 bits per heavy atom. The van der Waals surface area contributed by atoms with Crippen LogP contribution in [0, 0.1) is 12.8 Å². The number of benzene rings is 2. The van der Waals surface area contributed by atoms with Gasteiger partial charge in [-0.1, -0.05) is 30.3 Å². The SMILES string of the molecule is CCNC(=NCc1ccc(C)cc1OCC1CC1)NCCS(=O)c1ccccc1. The van der Waals surface area contributed by atoms with E-state index < -0.39 is 10.8 Å². The van der Waals surface area contributed by atoms with Gasteiger partial charge in [0.1, 0.15) is 5.75 Å². The summed E-state index contributed by atoms with van der Waals surface area (Å²) in [5.74, 6) is 2.92. The predicted molar refractivity (Wildman–Crippen MR) is 120 cm³/mol. The molecule has 0 aliphatic heterocycles. The first-order chi connectivity index (χ1) is 14.2. The summed E-state index contributed by atoms with van der Waals surface area (Å²) in [6.07, 6.45) is 2.55. The zero-order valence-corrected chi connectivity index (χ0v) is 18.1. The summed E-state index contributed by atoms with van der Waals surface area (Å²) in [7, 11) is -1.02. The van der Waals surface area contributed by atoms with Gasteiger partial charge in [-0.25, -0.2) is 4.99 Å². The molecule has 1 saturated carbocycles. The Kier molecular flexibility index (Phi) is 8.11. The van der Waals surface area contributed by atoms with Crippen LogP contribution in [0.1, 0.15) is 30.9 Å². The summed E-state index contributed by atoms with van der Waals surface area (Å²) in [5.41, 5.74) is 2.28. The van der Waals surface area contributed by atoms with Crippen LogP contribution in [0.3, 0.4) is 0 Å². The summed E-state index contributed by atoms with van der Waals surface area (Å²) >= 11 is 0. The minimum absolute atomic E-state index is 0.536. The monoisotopic (exact) mass is 413 g/mol. The van der Waals surface area contributed by atoms with E-state index in [9.17, 15) is 4.21 Å². The third kappa shape index (κ3) is 7.20. The molecule has 0 saturated heterocycles. The molecule has 2 aromatic rings. The standard InChI is InChI=1S/C23H31N3O2S/c1-3-24-23(25-13-14-29(27)21-7-5-4-6-8-21)26-16-20-12-9-18(2)15-22(20)28-17-19-10-11-19/h4-9,12,15,19H,3,10-11,13-14,16-17H2,1-2H3,(H2,24,25,26). The first-order valence-electron chi connectivity index (χ1n) is 10.3. The van der Waals surface area contributed by atoms with Gasteiger partial charge in [-0.05, 0) is 56.4 Å². The third-order valence-electron chi connectivity index (χ3n) is 4.73. The van der Waals surface area contributed by atoms with E-state index in [2.05, 4.69) is 35.8 Å². The molecule has 2 N–H and O–H groups in total. The number of nitrogens with zero attached hydrogens (tertiary/aromatic N) is 1. The van der Waals surface area contributed by atoms with Crippen molar-refractivity contribution in [3.8, 4) is 5.75 Å². The van der Waals surface area contributed by atoms with Crippen molar-refractivity contribution in [1.82, 2.24) is 10.6 Å². The summed E-state index contributed by atoms with van der Waals surface area (Å²) in [5, 5.41) is 6.54. The van der Waals surface area contributed by atoms with Crippen LogP contribution < -0.4 is 15.4 Å². The van der Waals surface area contributed by atoms with Gasteiger partial charge in [0.05, 0.1) is 24.0 Å². The fourth-order valence-corrected chi connectivity index (χ4v) is 3.86. The normalized spacial score (nSPS) is 15.0. The van der Waals surface area contributed by atoms with Crippen LogP contribution in [-0.2, 0) is 17.3 Å². The van der Waals surface area contributed by atoms with Crippen LogP contribution in [-0.4, -0.2) is 35.6 Å². The van der Waals surface area contributed by atoms with Gasteiger partial charge in [0.25, 0.3) is 0 Å². The molecule has 156 valence electrons. The minimum atomic E-state index is -1.02. The molecule has 3 rings (SSSR count). The van der Waals surface area contributed by atoms with E-state index in [1.807, 2.05) is 37.3 Å². The van der Waals surface area contributed by atoms with Gasteiger partial charge in [0, 0.05) is 29.3 Å². The lowest BCUT2D eigenvalue weighted by Gasteiger charge is -2.13. The Morgan fingerprint density at radius 3 is 2.69 bits per heavy atom. The van der Waals surface area contributed by atoms with E-state index in [1.54, 1.807) is 0 Å². The van der Waals surface area contributed by atoms with Crippen molar-refractivity contribution in [2.75, 3.05) is 25.4 Å². The molecule has 1 unspecified atom stereocenters. The maximum atomic E-state index is 12.4. The molecular formula is C23H31N3O2S. The Morgan fingerprint density at radius 2 is 1.97 bits per heavy atom. The second-order valence-corrected chi connectivity index (χ2v) is 8.92. The van der Waals surface area contributed by atoms with Crippen molar-refractivity contribution >= 4 is 16.8 Å². The zero-order chi connectivity index (χ0) is 20.5. The molecule has 0 amide bonds. The first-order valence-corrected chi connectivity index (χ1v) is 11.7. The number of aryl methyl sites for hydroxylation is 1. The molecule has 1 aliphatic carbocycles. The Hall–Kier alpha value is -2.34. The molecule has 29 heavy (non-hydrogen) atoms. The highest BCUT2D eigenvalue weighted by Crippen LogP contribution is 2.30. The van der Waals surface area contributed by atoms with Gasteiger partial charge in [-0.2, -0.15) is 0 Å². The van der Waals surface area contributed by atoms with Gasteiger partial charge in [-0.3, -0.25) is 4.21 Å². The molecule has 1 atom stereocenters. The van der Waals surface area contributed by atoms with E-state index >= 15 is 0 Å². The molecule has 5 nitrogen and oxygen atoms in total. The summed E-state index contributed by atoms with van der Waals surface area (Å²) in [6.45, 7) is 6.81. The van der Waals surface area contributed by atoms with Gasteiger partial charge in [-0.15, -0.1) is 0 Å². The minimum Gasteiger partial charge on any atom is -0.493 e. The molecule has 0 spiro atoms. The molecular weight excluding hydrogens is 382 g/mol.